The van der Waals surface area contributed by atoms with Gasteiger partial charge < -0.3 is 5.73 Å². The van der Waals surface area contributed by atoms with Crippen molar-refractivity contribution in [3.05, 3.63) is 58.9 Å². The molecule has 0 radical (unpaired) electrons. The number of anilines is 1. The van der Waals surface area contributed by atoms with Gasteiger partial charge >= 0.3 is 0 Å². The highest BCUT2D eigenvalue weighted by molar-refractivity contribution is 7.84. The summed E-state index contributed by atoms with van der Waals surface area (Å²) in [6, 6.07) is 10.8. The lowest BCUT2D eigenvalue weighted by Crippen LogP contribution is -1.98. The molecule has 0 fully saturated rings. The van der Waals surface area contributed by atoms with Crippen LogP contribution in [0.2, 0.25) is 5.02 Å². The predicted molar refractivity (Wildman–Crippen MR) is 72.4 cm³/mol. The molecule has 94 valence electrons. The van der Waals surface area contributed by atoms with Crippen molar-refractivity contribution in [1.29, 1.82) is 0 Å². The number of hydrogen-bond acceptors (Lipinski definition) is 2. The Bertz CT molecular complexity index is 586. The van der Waals surface area contributed by atoms with Gasteiger partial charge in [0.1, 0.15) is 5.82 Å². The van der Waals surface area contributed by atoms with Gasteiger partial charge in [-0.1, -0.05) is 17.7 Å². The second-order valence-corrected chi connectivity index (χ2v) is 5.66. The van der Waals surface area contributed by atoms with Crippen molar-refractivity contribution in [3.63, 3.8) is 0 Å². The van der Waals surface area contributed by atoms with Crippen LogP contribution >= 0.6 is 11.6 Å². The van der Waals surface area contributed by atoms with E-state index < -0.39 is 10.8 Å². The van der Waals surface area contributed by atoms with E-state index in [-0.39, 0.29) is 5.82 Å². The first-order valence-corrected chi connectivity index (χ1v) is 6.94. The van der Waals surface area contributed by atoms with E-state index in [0.29, 0.717) is 21.4 Å². The molecule has 2 rings (SSSR count). The number of nitrogens with two attached hydrogens (primary N) is 1. The zero-order chi connectivity index (χ0) is 13.1. The van der Waals surface area contributed by atoms with E-state index >= 15 is 0 Å². The van der Waals surface area contributed by atoms with E-state index in [2.05, 4.69) is 0 Å². The van der Waals surface area contributed by atoms with Gasteiger partial charge in [0, 0.05) is 4.90 Å². The molecule has 0 saturated carbocycles. The van der Waals surface area contributed by atoms with Crippen LogP contribution in [0.15, 0.2) is 47.4 Å². The third-order valence-corrected chi connectivity index (χ3v) is 4.17. The van der Waals surface area contributed by atoms with Crippen molar-refractivity contribution in [2.75, 3.05) is 5.73 Å². The van der Waals surface area contributed by atoms with Crippen LogP contribution in [0.25, 0.3) is 0 Å². The van der Waals surface area contributed by atoms with Gasteiger partial charge in [-0.15, -0.1) is 0 Å². The van der Waals surface area contributed by atoms with E-state index in [1.165, 1.54) is 24.3 Å². The molecule has 1 unspecified atom stereocenters. The van der Waals surface area contributed by atoms with Crippen molar-refractivity contribution in [1.82, 2.24) is 0 Å². The second kappa shape index (κ2) is 5.50. The maximum atomic E-state index is 12.7. The predicted octanol–water partition coefficient (Wildman–Crippen LogP) is 3.37. The molecule has 5 heteroatoms. The number of benzene rings is 2. The van der Waals surface area contributed by atoms with Crippen LogP contribution in [0.5, 0.6) is 0 Å². The standard InChI is InChI=1S/C13H11ClFNOS/c14-12-6-1-9(7-13(12)16)8-18(17)11-4-2-10(15)3-5-11/h1-7H,8,16H2. The molecule has 0 bridgehead atoms. The summed E-state index contributed by atoms with van der Waals surface area (Å²) in [5, 5.41) is 0.478. The molecule has 0 heterocycles. The van der Waals surface area contributed by atoms with Gasteiger partial charge in [0.25, 0.3) is 0 Å². The van der Waals surface area contributed by atoms with Gasteiger partial charge in [-0.2, -0.15) is 0 Å². The first-order chi connectivity index (χ1) is 8.56. The number of nitrogen functional groups attached to an aromatic ring is 1. The molecule has 0 saturated heterocycles. The van der Waals surface area contributed by atoms with E-state index in [9.17, 15) is 8.60 Å². The summed E-state index contributed by atoms with van der Waals surface area (Å²) in [5.74, 6) is -0.0148. The normalized spacial score (nSPS) is 12.3. The summed E-state index contributed by atoms with van der Waals surface area (Å²) in [4.78, 5) is 0.588. The Labute approximate surface area is 112 Å². The van der Waals surface area contributed by atoms with Crippen LogP contribution < -0.4 is 5.73 Å². The monoisotopic (exact) mass is 283 g/mol. The van der Waals surface area contributed by atoms with Gasteiger partial charge in [0.2, 0.25) is 0 Å². The van der Waals surface area contributed by atoms with E-state index in [0.717, 1.165) is 5.56 Å². The first-order valence-electron chi connectivity index (χ1n) is 5.24. The van der Waals surface area contributed by atoms with E-state index in [1.807, 2.05) is 0 Å². The third-order valence-electron chi connectivity index (χ3n) is 2.43. The summed E-state index contributed by atoms with van der Waals surface area (Å²) in [6.07, 6.45) is 0. The fraction of sp³-hybridized carbons (Fsp3) is 0.0769. The van der Waals surface area contributed by atoms with Gasteiger partial charge in [-0.3, -0.25) is 4.21 Å². The molecule has 2 aromatic carbocycles. The Morgan fingerprint density at radius 3 is 2.44 bits per heavy atom. The lowest BCUT2D eigenvalue weighted by molar-refractivity contribution is 0.626. The fourth-order valence-electron chi connectivity index (χ4n) is 1.50. The Morgan fingerprint density at radius 2 is 1.83 bits per heavy atom. The Morgan fingerprint density at radius 1 is 1.17 bits per heavy atom. The lowest BCUT2D eigenvalue weighted by Gasteiger charge is -2.05. The van der Waals surface area contributed by atoms with E-state index in [1.54, 1.807) is 18.2 Å². The molecule has 2 N–H and O–H groups in total. The SMILES string of the molecule is Nc1cc(CS(=O)c2ccc(F)cc2)ccc1Cl. The minimum absolute atomic E-state index is 0.326. The highest BCUT2D eigenvalue weighted by Crippen LogP contribution is 2.21. The zero-order valence-electron chi connectivity index (χ0n) is 9.40. The third kappa shape index (κ3) is 3.09. The Hall–Kier alpha value is -1.39. The fourth-order valence-corrected chi connectivity index (χ4v) is 2.71. The molecule has 0 aliphatic rings. The molecule has 0 aliphatic carbocycles. The molecule has 2 nitrogen and oxygen atoms in total. The van der Waals surface area contributed by atoms with Crippen molar-refractivity contribution in [3.8, 4) is 0 Å². The molecule has 1 atom stereocenters. The molecule has 18 heavy (non-hydrogen) atoms. The van der Waals surface area contributed by atoms with Crippen LogP contribution in [0.3, 0.4) is 0 Å². The van der Waals surface area contributed by atoms with Crippen molar-refractivity contribution >= 4 is 28.1 Å². The summed E-state index contributed by atoms with van der Waals surface area (Å²) in [7, 11) is -1.22. The summed E-state index contributed by atoms with van der Waals surface area (Å²) in [6.45, 7) is 0. The minimum Gasteiger partial charge on any atom is -0.398 e. The number of hydrogen-bond donors (Lipinski definition) is 1. The molecule has 0 amide bonds. The number of halogens is 2. The molecule has 0 aromatic heterocycles. The van der Waals surface area contributed by atoms with Gasteiger partial charge in [0.15, 0.2) is 0 Å². The zero-order valence-corrected chi connectivity index (χ0v) is 11.0. The molecule has 0 aliphatic heterocycles. The van der Waals surface area contributed by atoms with Gasteiger partial charge in [-0.25, -0.2) is 4.39 Å². The van der Waals surface area contributed by atoms with Crippen LogP contribution in [0.1, 0.15) is 5.56 Å². The summed E-state index contributed by atoms with van der Waals surface area (Å²) < 4.78 is 24.8. The Kier molecular flexibility index (Phi) is 3.99. The lowest BCUT2D eigenvalue weighted by atomic mass is 10.2. The van der Waals surface area contributed by atoms with Gasteiger partial charge in [0.05, 0.1) is 27.3 Å². The summed E-state index contributed by atoms with van der Waals surface area (Å²) >= 11 is 5.81. The highest BCUT2D eigenvalue weighted by atomic mass is 35.5. The molecule has 0 spiro atoms. The van der Waals surface area contributed by atoms with E-state index in [4.69, 9.17) is 17.3 Å². The maximum absolute atomic E-state index is 12.7. The van der Waals surface area contributed by atoms with Crippen LogP contribution in [-0.4, -0.2) is 4.21 Å². The van der Waals surface area contributed by atoms with Crippen LogP contribution in [0, 0.1) is 5.82 Å². The first kappa shape index (κ1) is 13.1. The number of rotatable bonds is 3. The maximum Gasteiger partial charge on any atom is 0.123 e. The second-order valence-electron chi connectivity index (χ2n) is 3.80. The molecular weight excluding hydrogens is 273 g/mol. The quantitative estimate of drug-likeness (QED) is 0.878. The summed E-state index contributed by atoms with van der Waals surface area (Å²) in [5.41, 5.74) is 6.97. The highest BCUT2D eigenvalue weighted by Gasteiger charge is 2.06. The Balaban J connectivity index is 2.16. The van der Waals surface area contributed by atoms with Crippen molar-refractivity contribution in [2.24, 2.45) is 0 Å². The average molecular weight is 284 g/mol. The van der Waals surface area contributed by atoms with Crippen LogP contribution in [-0.2, 0) is 16.6 Å². The molecule has 2 aromatic rings. The smallest absolute Gasteiger partial charge is 0.123 e. The largest absolute Gasteiger partial charge is 0.398 e. The average Bonchev–Trinajstić information content (AvgIpc) is 2.34. The van der Waals surface area contributed by atoms with Gasteiger partial charge in [-0.05, 0) is 42.0 Å². The molecular formula is C13H11ClFNOS. The van der Waals surface area contributed by atoms with Crippen molar-refractivity contribution < 1.29 is 8.60 Å². The van der Waals surface area contributed by atoms with Crippen LogP contribution in [0.4, 0.5) is 10.1 Å². The topological polar surface area (TPSA) is 43.1 Å². The minimum atomic E-state index is -1.22. The van der Waals surface area contributed by atoms with Crippen molar-refractivity contribution in [2.45, 2.75) is 10.6 Å².